The number of likely N-dealkylation sites (N-methyl/N-ethyl adjacent to an activating group) is 1. The first kappa shape index (κ1) is 16.2. The first-order chi connectivity index (χ1) is 11.4. The molecule has 0 aliphatic carbocycles. The molecule has 2 aromatic heterocycles. The van der Waals surface area contributed by atoms with Gasteiger partial charge in [0.15, 0.2) is 5.82 Å². The zero-order valence-corrected chi connectivity index (χ0v) is 14.6. The van der Waals surface area contributed by atoms with Crippen LogP contribution in [-0.2, 0) is 17.8 Å². The summed E-state index contributed by atoms with van der Waals surface area (Å²) in [6.45, 7) is 8.20. The summed E-state index contributed by atoms with van der Waals surface area (Å²) in [5, 5.41) is 4.86. The minimum atomic E-state index is -0.0159. The standard InChI is InChI=1S/C18H21N3O3/c1-10-6-11(2)17-14(9-23-18(17)12(10)3)7-16(22)21(5)8-15-19-13(4)24-20-15/h6,9H,7-8H2,1-5H3. The summed E-state index contributed by atoms with van der Waals surface area (Å²) in [4.78, 5) is 18.2. The molecule has 3 aromatic rings. The van der Waals surface area contributed by atoms with Crippen LogP contribution < -0.4 is 0 Å². The molecule has 0 saturated heterocycles. The summed E-state index contributed by atoms with van der Waals surface area (Å²) in [6.07, 6.45) is 1.97. The molecule has 0 unspecified atom stereocenters. The molecule has 126 valence electrons. The average molecular weight is 327 g/mol. The summed E-state index contributed by atoms with van der Waals surface area (Å²) in [5.74, 6) is 0.981. The minimum Gasteiger partial charge on any atom is -0.464 e. The highest BCUT2D eigenvalue weighted by molar-refractivity contribution is 5.91. The molecule has 0 N–H and O–H groups in total. The Balaban J connectivity index is 1.82. The maximum absolute atomic E-state index is 12.5. The number of furan rings is 1. The topological polar surface area (TPSA) is 72.4 Å². The lowest BCUT2D eigenvalue weighted by Crippen LogP contribution is -2.28. The number of aromatic nitrogens is 2. The number of fused-ring (bicyclic) bond motifs is 1. The van der Waals surface area contributed by atoms with Gasteiger partial charge in [-0.1, -0.05) is 11.2 Å². The van der Waals surface area contributed by atoms with Gasteiger partial charge in [-0.15, -0.1) is 0 Å². The van der Waals surface area contributed by atoms with Crippen molar-refractivity contribution in [2.45, 2.75) is 40.7 Å². The Morgan fingerprint density at radius 1 is 1.21 bits per heavy atom. The first-order valence-corrected chi connectivity index (χ1v) is 7.87. The van der Waals surface area contributed by atoms with Crippen LogP contribution in [0.25, 0.3) is 11.0 Å². The molecule has 0 radical (unpaired) electrons. The van der Waals surface area contributed by atoms with Crippen molar-refractivity contribution in [3.8, 4) is 0 Å². The average Bonchev–Trinajstić information content (AvgIpc) is 3.11. The molecule has 3 rings (SSSR count). The van der Waals surface area contributed by atoms with Crippen molar-refractivity contribution in [1.82, 2.24) is 15.0 Å². The summed E-state index contributed by atoms with van der Waals surface area (Å²) in [6, 6.07) is 2.13. The molecule has 0 atom stereocenters. The van der Waals surface area contributed by atoms with E-state index in [0.29, 0.717) is 18.3 Å². The lowest BCUT2D eigenvalue weighted by Gasteiger charge is -2.14. The summed E-state index contributed by atoms with van der Waals surface area (Å²) < 4.78 is 10.7. The molecule has 0 aliphatic rings. The molecular weight excluding hydrogens is 306 g/mol. The van der Waals surface area contributed by atoms with Gasteiger partial charge in [0, 0.05) is 24.9 Å². The normalized spacial score (nSPS) is 11.2. The Morgan fingerprint density at radius 2 is 1.96 bits per heavy atom. The van der Waals surface area contributed by atoms with Gasteiger partial charge in [-0.25, -0.2) is 0 Å². The molecular formula is C18H21N3O3. The van der Waals surface area contributed by atoms with Crippen molar-refractivity contribution < 1.29 is 13.7 Å². The highest BCUT2D eigenvalue weighted by atomic mass is 16.5. The number of hydrogen-bond acceptors (Lipinski definition) is 5. The largest absolute Gasteiger partial charge is 0.464 e. The van der Waals surface area contributed by atoms with Crippen molar-refractivity contribution in [3.05, 3.63) is 46.3 Å². The van der Waals surface area contributed by atoms with Gasteiger partial charge in [0.1, 0.15) is 5.58 Å². The Kier molecular flexibility index (Phi) is 4.13. The Bertz CT molecular complexity index is 908. The maximum Gasteiger partial charge on any atom is 0.227 e. The molecule has 0 aliphatic heterocycles. The van der Waals surface area contributed by atoms with Crippen LogP contribution in [-0.4, -0.2) is 28.0 Å². The summed E-state index contributed by atoms with van der Waals surface area (Å²) in [5.41, 5.74) is 5.21. The zero-order valence-electron chi connectivity index (χ0n) is 14.6. The van der Waals surface area contributed by atoms with Gasteiger partial charge in [0.05, 0.1) is 19.2 Å². The lowest BCUT2D eigenvalue weighted by atomic mass is 9.99. The van der Waals surface area contributed by atoms with Crippen LogP contribution in [0.1, 0.15) is 34.0 Å². The molecule has 0 bridgehead atoms. The third kappa shape index (κ3) is 2.91. The van der Waals surface area contributed by atoms with E-state index in [4.69, 9.17) is 8.94 Å². The Morgan fingerprint density at radius 3 is 2.62 bits per heavy atom. The van der Waals surface area contributed by atoms with E-state index < -0.39 is 0 Å². The van der Waals surface area contributed by atoms with Gasteiger partial charge in [-0.2, -0.15) is 4.98 Å². The fourth-order valence-corrected chi connectivity index (χ4v) is 2.92. The molecule has 0 saturated carbocycles. The van der Waals surface area contributed by atoms with Crippen molar-refractivity contribution >= 4 is 16.9 Å². The SMILES string of the molecule is Cc1nc(CN(C)C(=O)Cc2coc3c(C)c(C)cc(C)c23)no1. The van der Waals surface area contributed by atoms with Crippen molar-refractivity contribution in [2.75, 3.05) is 7.05 Å². The number of benzene rings is 1. The van der Waals surface area contributed by atoms with Crippen LogP contribution in [0.2, 0.25) is 0 Å². The molecule has 0 spiro atoms. The second-order valence-corrected chi connectivity index (χ2v) is 6.26. The van der Waals surface area contributed by atoms with E-state index in [0.717, 1.165) is 27.7 Å². The summed E-state index contributed by atoms with van der Waals surface area (Å²) in [7, 11) is 1.73. The predicted molar refractivity (Wildman–Crippen MR) is 89.6 cm³/mol. The monoisotopic (exact) mass is 327 g/mol. The van der Waals surface area contributed by atoms with Gasteiger partial charge in [0.25, 0.3) is 0 Å². The van der Waals surface area contributed by atoms with Crippen LogP contribution in [0.15, 0.2) is 21.3 Å². The van der Waals surface area contributed by atoms with Gasteiger partial charge in [-0.3, -0.25) is 4.79 Å². The molecule has 1 aromatic carbocycles. The highest BCUT2D eigenvalue weighted by Gasteiger charge is 2.18. The van der Waals surface area contributed by atoms with E-state index >= 15 is 0 Å². The molecule has 0 fully saturated rings. The smallest absolute Gasteiger partial charge is 0.227 e. The minimum absolute atomic E-state index is 0.0159. The fourth-order valence-electron chi connectivity index (χ4n) is 2.92. The molecule has 6 heteroatoms. The van der Waals surface area contributed by atoms with Crippen molar-refractivity contribution in [2.24, 2.45) is 0 Å². The van der Waals surface area contributed by atoms with Gasteiger partial charge >= 0.3 is 0 Å². The van der Waals surface area contributed by atoms with Gasteiger partial charge in [0.2, 0.25) is 11.8 Å². The van der Waals surface area contributed by atoms with Crippen LogP contribution in [0.4, 0.5) is 0 Å². The molecule has 1 amide bonds. The van der Waals surface area contributed by atoms with Crippen LogP contribution in [0.3, 0.4) is 0 Å². The number of carbonyl (C=O) groups excluding carboxylic acids is 1. The van der Waals surface area contributed by atoms with E-state index in [9.17, 15) is 4.79 Å². The number of rotatable bonds is 4. The molecule has 6 nitrogen and oxygen atoms in total. The van der Waals surface area contributed by atoms with Gasteiger partial charge < -0.3 is 13.8 Å². The second kappa shape index (κ2) is 6.11. The lowest BCUT2D eigenvalue weighted by molar-refractivity contribution is -0.129. The van der Waals surface area contributed by atoms with E-state index in [1.807, 2.05) is 13.8 Å². The number of carbonyl (C=O) groups is 1. The predicted octanol–water partition coefficient (Wildman–Crippen LogP) is 3.25. The molecule has 24 heavy (non-hydrogen) atoms. The van der Waals surface area contributed by atoms with Crippen LogP contribution >= 0.6 is 0 Å². The number of nitrogens with zero attached hydrogens (tertiary/aromatic N) is 3. The van der Waals surface area contributed by atoms with Crippen molar-refractivity contribution in [3.63, 3.8) is 0 Å². The second-order valence-electron chi connectivity index (χ2n) is 6.26. The Labute approximate surface area is 140 Å². The maximum atomic E-state index is 12.5. The van der Waals surface area contributed by atoms with Crippen LogP contribution in [0.5, 0.6) is 0 Å². The zero-order chi connectivity index (χ0) is 17.4. The quantitative estimate of drug-likeness (QED) is 0.735. The number of hydrogen-bond donors (Lipinski definition) is 0. The highest BCUT2D eigenvalue weighted by Crippen LogP contribution is 2.30. The number of aryl methyl sites for hydroxylation is 4. The van der Waals surface area contributed by atoms with E-state index in [1.54, 1.807) is 25.1 Å². The fraction of sp³-hybridized carbons (Fsp3) is 0.389. The first-order valence-electron chi connectivity index (χ1n) is 7.87. The van der Waals surface area contributed by atoms with Gasteiger partial charge in [-0.05, 0) is 37.5 Å². The summed E-state index contributed by atoms with van der Waals surface area (Å²) >= 11 is 0. The third-order valence-corrected chi connectivity index (χ3v) is 4.34. The van der Waals surface area contributed by atoms with E-state index in [-0.39, 0.29) is 12.3 Å². The Hall–Kier alpha value is -2.63. The van der Waals surface area contributed by atoms with Crippen LogP contribution in [0, 0.1) is 27.7 Å². The van der Waals surface area contributed by atoms with E-state index in [1.165, 1.54) is 5.56 Å². The number of amides is 1. The third-order valence-electron chi connectivity index (χ3n) is 4.34. The van der Waals surface area contributed by atoms with Crippen molar-refractivity contribution in [1.29, 1.82) is 0 Å². The molecule has 2 heterocycles. The van der Waals surface area contributed by atoms with E-state index in [2.05, 4.69) is 23.1 Å².